The molecule has 9 heteroatoms. The molecule has 2 aromatic carbocycles. The van der Waals surface area contributed by atoms with Crippen LogP contribution in [0.4, 0.5) is 5.69 Å². The van der Waals surface area contributed by atoms with E-state index in [0.29, 0.717) is 22.2 Å². The number of carbonyl (C=O) groups is 2. The molecule has 2 aromatic rings. The molecule has 0 bridgehead atoms. The minimum atomic E-state index is -0.805. The third-order valence-corrected chi connectivity index (χ3v) is 5.32. The molecular formula is C22H25Cl2N3O4. The maximum atomic E-state index is 13.2. The minimum absolute atomic E-state index is 0.0612. The van der Waals surface area contributed by atoms with Crippen molar-refractivity contribution in [1.82, 2.24) is 10.2 Å². The third kappa shape index (κ3) is 6.94. The summed E-state index contributed by atoms with van der Waals surface area (Å²) in [6.07, 6.45) is -0.218. The summed E-state index contributed by atoms with van der Waals surface area (Å²) in [6, 6.07) is 10.2. The fourth-order valence-corrected chi connectivity index (χ4v) is 3.44. The summed E-state index contributed by atoms with van der Waals surface area (Å²) in [5, 5.41) is 15.0. The predicted octanol–water partition coefficient (Wildman–Crippen LogP) is 4.63. The Labute approximate surface area is 191 Å². The van der Waals surface area contributed by atoms with Gasteiger partial charge in [-0.15, -0.1) is 0 Å². The van der Waals surface area contributed by atoms with Crippen LogP contribution in [0.3, 0.4) is 0 Å². The van der Waals surface area contributed by atoms with Crippen LogP contribution in [0.15, 0.2) is 42.5 Å². The summed E-state index contributed by atoms with van der Waals surface area (Å²) in [7, 11) is 0. The average Bonchev–Trinajstić information content (AvgIpc) is 2.71. The van der Waals surface area contributed by atoms with E-state index in [4.69, 9.17) is 23.2 Å². The van der Waals surface area contributed by atoms with Crippen LogP contribution in [0, 0.1) is 16.0 Å². The van der Waals surface area contributed by atoms with Crippen molar-refractivity contribution >= 4 is 40.7 Å². The summed E-state index contributed by atoms with van der Waals surface area (Å²) in [5.41, 5.74) is 0.752. The largest absolute Gasteiger partial charge is 0.354 e. The molecule has 31 heavy (non-hydrogen) atoms. The summed E-state index contributed by atoms with van der Waals surface area (Å²) >= 11 is 12.2. The Morgan fingerprint density at radius 1 is 1.10 bits per heavy atom. The van der Waals surface area contributed by atoms with E-state index < -0.39 is 16.9 Å². The zero-order valence-electron chi connectivity index (χ0n) is 17.6. The fraction of sp³-hybridized carbons (Fsp3) is 0.364. The number of nitro groups is 1. The van der Waals surface area contributed by atoms with Gasteiger partial charge in [-0.25, -0.2) is 0 Å². The van der Waals surface area contributed by atoms with Gasteiger partial charge in [0.05, 0.1) is 11.3 Å². The Balaban J connectivity index is 2.32. The predicted molar refractivity (Wildman–Crippen MR) is 121 cm³/mol. The molecule has 1 atom stereocenters. The first kappa shape index (κ1) is 24.6. The first-order valence-electron chi connectivity index (χ1n) is 9.83. The molecule has 0 saturated carbocycles. The van der Waals surface area contributed by atoms with Crippen LogP contribution in [0.1, 0.15) is 31.9 Å². The van der Waals surface area contributed by atoms with Crippen LogP contribution < -0.4 is 5.32 Å². The summed E-state index contributed by atoms with van der Waals surface area (Å²) in [5.74, 6) is -0.486. The van der Waals surface area contributed by atoms with E-state index in [0.717, 1.165) is 0 Å². The van der Waals surface area contributed by atoms with Gasteiger partial charge in [0.15, 0.2) is 0 Å². The summed E-state index contributed by atoms with van der Waals surface area (Å²) < 4.78 is 0. The molecule has 0 unspecified atom stereocenters. The second-order valence-electron chi connectivity index (χ2n) is 7.63. The number of hydrogen-bond donors (Lipinski definition) is 1. The molecule has 0 radical (unpaired) electrons. The topological polar surface area (TPSA) is 92.6 Å². The van der Waals surface area contributed by atoms with Crippen LogP contribution in [-0.4, -0.2) is 34.2 Å². The van der Waals surface area contributed by atoms with Crippen LogP contribution in [0.2, 0.25) is 10.0 Å². The van der Waals surface area contributed by atoms with Crippen molar-refractivity contribution in [2.24, 2.45) is 5.92 Å². The van der Waals surface area contributed by atoms with E-state index in [2.05, 4.69) is 5.32 Å². The highest BCUT2D eigenvalue weighted by Gasteiger charge is 2.28. The molecule has 0 spiro atoms. The van der Waals surface area contributed by atoms with Gasteiger partial charge in [0.1, 0.15) is 6.04 Å². The number of nitrogens with one attached hydrogen (secondary N) is 1. The molecule has 0 aromatic heterocycles. The van der Waals surface area contributed by atoms with Crippen LogP contribution in [0.25, 0.3) is 0 Å². The maximum Gasteiger partial charge on any atom is 0.273 e. The standard InChI is InChI=1S/C22H25Cl2N3O4/c1-14(2)12-25-22(29)15(3)26(13-17-8-9-18(23)11-19(17)24)21(28)10-16-6-4-5-7-20(16)27(30)31/h4-9,11,14-15H,10,12-13H2,1-3H3,(H,25,29)/t15-/m0/s1. The monoisotopic (exact) mass is 465 g/mol. The highest BCUT2D eigenvalue weighted by Crippen LogP contribution is 2.25. The zero-order chi connectivity index (χ0) is 23.1. The van der Waals surface area contributed by atoms with Gasteiger partial charge in [-0.3, -0.25) is 19.7 Å². The van der Waals surface area contributed by atoms with E-state index in [9.17, 15) is 19.7 Å². The molecule has 0 fully saturated rings. The highest BCUT2D eigenvalue weighted by molar-refractivity contribution is 6.35. The van der Waals surface area contributed by atoms with Crippen molar-refractivity contribution < 1.29 is 14.5 Å². The fourth-order valence-electron chi connectivity index (χ4n) is 2.97. The highest BCUT2D eigenvalue weighted by atomic mass is 35.5. The van der Waals surface area contributed by atoms with Crippen molar-refractivity contribution in [3.05, 3.63) is 73.8 Å². The molecule has 0 heterocycles. The van der Waals surface area contributed by atoms with Gasteiger partial charge in [0.2, 0.25) is 11.8 Å². The normalized spacial score (nSPS) is 11.8. The smallest absolute Gasteiger partial charge is 0.273 e. The molecule has 0 aliphatic heterocycles. The molecular weight excluding hydrogens is 441 g/mol. The molecule has 0 saturated heterocycles. The molecule has 0 aliphatic rings. The van der Waals surface area contributed by atoms with E-state index in [1.165, 1.54) is 17.0 Å². The SMILES string of the molecule is CC(C)CNC(=O)[C@H](C)N(Cc1ccc(Cl)cc1Cl)C(=O)Cc1ccccc1[N+](=O)[O-]. The lowest BCUT2D eigenvalue weighted by Gasteiger charge is -2.29. The maximum absolute atomic E-state index is 13.2. The van der Waals surface area contributed by atoms with E-state index in [1.54, 1.807) is 37.3 Å². The number of nitrogens with zero attached hydrogens (tertiary/aromatic N) is 2. The Hall–Kier alpha value is -2.64. The number of hydrogen-bond acceptors (Lipinski definition) is 4. The number of halogens is 2. The number of nitro benzene ring substituents is 1. The number of para-hydroxylation sites is 1. The van der Waals surface area contributed by atoms with Gasteiger partial charge in [-0.2, -0.15) is 0 Å². The second-order valence-corrected chi connectivity index (χ2v) is 8.48. The molecule has 1 N–H and O–H groups in total. The van der Waals surface area contributed by atoms with Crippen molar-refractivity contribution in [1.29, 1.82) is 0 Å². The van der Waals surface area contributed by atoms with E-state index >= 15 is 0 Å². The lowest BCUT2D eigenvalue weighted by molar-refractivity contribution is -0.385. The number of carbonyl (C=O) groups excluding carboxylic acids is 2. The minimum Gasteiger partial charge on any atom is -0.354 e. The van der Waals surface area contributed by atoms with Crippen molar-refractivity contribution in [3.63, 3.8) is 0 Å². The molecule has 7 nitrogen and oxygen atoms in total. The van der Waals surface area contributed by atoms with Crippen molar-refractivity contribution in [2.75, 3.05) is 6.54 Å². The lowest BCUT2D eigenvalue weighted by atomic mass is 10.1. The quantitative estimate of drug-likeness (QED) is 0.431. The Morgan fingerprint density at radius 3 is 2.39 bits per heavy atom. The van der Waals surface area contributed by atoms with Gasteiger partial charge in [-0.1, -0.05) is 61.3 Å². The van der Waals surface area contributed by atoms with E-state index in [-0.39, 0.29) is 36.0 Å². The Bertz CT molecular complexity index is 966. The van der Waals surface area contributed by atoms with Gasteiger partial charge in [-0.05, 0) is 30.5 Å². The first-order chi connectivity index (χ1) is 14.6. The summed E-state index contributed by atoms with van der Waals surface area (Å²) in [4.78, 5) is 38.1. The van der Waals surface area contributed by atoms with Gasteiger partial charge >= 0.3 is 0 Å². The lowest BCUT2D eigenvalue weighted by Crippen LogP contribution is -2.48. The van der Waals surface area contributed by atoms with Crippen LogP contribution >= 0.6 is 23.2 Å². The molecule has 0 aliphatic carbocycles. The second kappa shape index (κ2) is 11.1. The van der Waals surface area contributed by atoms with Gasteiger partial charge in [0.25, 0.3) is 5.69 Å². The van der Waals surface area contributed by atoms with E-state index in [1.807, 2.05) is 13.8 Å². The Morgan fingerprint density at radius 2 is 1.77 bits per heavy atom. The number of amides is 2. The first-order valence-corrected chi connectivity index (χ1v) is 10.6. The number of benzene rings is 2. The van der Waals surface area contributed by atoms with Gasteiger partial charge in [0, 0.05) is 34.8 Å². The number of rotatable bonds is 9. The molecule has 166 valence electrons. The third-order valence-electron chi connectivity index (χ3n) is 4.74. The Kier molecular flexibility index (Phi) is 8.83. The van der Waals surface area contributed by atoms with Crippen LogP contribution in [0.5, 0.6) is 0 Å². The summed E-state index contributed by atoms with van der Waals surface area (Å²) in [6.45, 7) is 6.09. The van der Waals surface area contributed by atoms with Crippen molar-refractivity contribution in [3.8, 4) is 0 Å². The average molecular weight is 466 g/mol. The van der Waals surface area contributed by atoms with Gasteiger partial charge < -0.3 is 10.2 Å². The van der Waals surface area contributed by atoms with Crippen LogP contribution in [-0.2, 0) is 22.6 Å². The zero-order valence-corrected chi connectivity index (χ0v) is 19.1. The van der Waals surface area contributed by atoms with Crippen molar-refractivity contribution in [2.45, 2.75) is 39.8 Å². The molecule has 2 rings (SSSR count). The molecule has 2 amide bonds.